The third-order valence-corrected chi connectivity index (χ3v) is 5.47. The second kappa shape index (κ2) is 8.18. The number of aryl methyl sites for hydroxylation is 1. The number of rotatable bonds is 6. The Morgan fingerprint density at radius 3 is 2.85 bits per heavy atom. The third-order valence-electron chi connectivity index (χ3n) is 5.47. The topological polar surface area (TPSA) is 55.2 Å². The van der Waals surface area contributed by atoms with Crippen molar-refractivity contribution in [3.63, 3.8) is 0 Å². The van der Waals surface area contributed by atoms with E-state index in [0.29, 0.717) is 0 Å². The van der Waals surface area contributed by atoms with Gasteiger partial charge in [0.25, 0.3) is 0 Å². The first kappa shape index (κ1) is 17.5. The van der Waals surface area contributed by atoms with Gasteiger partial charge in [-0.05, 0) is 44.2 Å². The molecule has 0 bridgehead atoms. The Labute approximate surface area is 155 Å². The average Bonchev–Trinajstić information content (AvgIpc) is 3.38. The summed E-state index contributed by atoms with van der Waals surface area (Å²) in [6, 6.07) is 4.63. The molecule has 0 saturated carbocycles. The van der Waals surface area contributed by atoms with Crippen molar-refractivity contribution in [1.29, 1.82) is 0 Å². The lowest BCUT2D eigenvalue weighted by molar-refractivity contribution is -0.0182. The summed E-state index contributed by atoms with van der Waals surface area (Å²) in [4.78, 5) is 11.6. The zero-order valence-electron chi connectivity index (χ0n) is 15.6. The molecule has 0 spiro atoms. The predicted molar refractivity (Wildman–Crippen MR) is 102 cm³/mol. The molecule has 4 rings (SSSR count). The van der Waals surface area contributed by atoms with Gasteiger partial charge in [-0.25, -0.2) is 9.97 Å². The van der Waals surface area contributed by atoms with Gasteiger partial charge in [0.1, 0.15) is 17.7 Å². The largest absolute Gasteiger partial charge is 0.369 e. The van der Waals surface area contributed by atoms with Gasteiger partial charge in [-0.15, -0.1) is 0 Å². The van der Waals surface area contributed by atoms with E-state index in [1.165, 1.54) is 18.4 Å². The molecule has 4 heterocycles. The zero-order chi connectivity index (χ0) is 17.8. The maximum absolute atomic E-state index is 6.08. The molecule has 2 aliphatic rings. The molecule has 2 aromatic heterocycles. The molecule has 0 unspecified atom stereocenters. The number of anilines is 1. The van der Waals surface area contributed by atoms with E-state index in [4.69, 9.17) is 4.74 Å². The zero-order valence-corrected chi connectivity index (χ0v) is 15.6. The minimum Gasteiger partial charge on any atom is -0.369 e. The van der Waals surface area contributed by atoms with E-state index in [9.17, 15) is 0 Å². The van der Waals surface area contributed by atoms with Gasteiger partial charge >= 0.3 is 0 Å². The molecule has 2 aliphatic heterocycles. The predicted octanol–water partition coefficient (Wildman–Crippen LogP) is 2.91. The average molecular weight is 355 g/mol. The van der Waals surface area contributed by atoms with Gasteiger partial charge in [0.15, 0.2) is 0 Å². The van der Waals surface area contributed by atoms with Gasteiger partial charge in [0, 0.05) is 57.4 Å². The molecule has 140 valence electrons. The lowest BCUT2D eigenvalue weighted by Gasteiger charge is -2.32. The highest BCUT2D eigenvalue weighted by molar-refractivity contribution is 5.40. The summed E-state index contributed by atoms with van der Waals surface area (Å²) in [7, 11) is 0. The van der Waals surface area contributed by atoms with Crippen molar-refractivity contribution in [3.05, 3.63) is 42.1 Å². The summed E-state index contributed by atoms with van der Waals surface area (Å²) in [5.74, 6) is 2.14. The van der Waals surface area contributed by atoms with E-state index in [-0.39, 0.29) is 12.1 Å². The fourth-order valence-electron chi connectivity index (χ4n) is 3.99. The van der Waals surface area contributed by atoms with Gasteiger partial charge in [-0.3, -0.25) is 0 Å². The number of ether oxygens (including phenoxy) is 1. The van der Waals surface area contributed by atoms with Crippen LogP contribution in [0.5, 0.6) is 0 Å². The summed E-state index contributed by atoms with van der Waals surface area (Å²) in [5, 5.41) is 3.68. The number of hydrogen-bond donors (Lipinski definition) is 1. The van der Waals surface area contributed by atoms with Crippen molar-refractivity contribution in [2.24, 2.45) is 0 Å². The summed E-state index contributed by atoms with van der Waals surface area (Å²) in [6.45, 7) is 6.95. The molecule has 2 fully saturated rings. The Balaban J connectivity index is 1.39. The molecular weight excluding hydrogens is 326 g/mol. The maximum atomic E-state index is 6.08. The smallest absolute Gasteiger partial charge is 0.139 e. The molecule has 1 N–H and O–H groups in total. The Bertz CT molecular complexity index is 692. The minimum absolute atomic E-state index is 0.0236. The molecule has 6 heteroatoms. The molecular formula is C20H29N5O. The summed E-state index contributed by atoms with van der Waals surface area (Å²) in [6.07, 6.45) is 10.7. The van der Waals surface area contributed by atoms with Crippen LogP contribution in [0.4, 0.5) is 5.82 Å². The first-order valence-corrected chi connectivity index (χ1v) is 9.91. The van der Waals surface area contributed by atoms with Crippen LogP contribution in [0.1, 0.15) is 50.1 Å². The highest BCUT2D eigenvalue weighted by atomic mass is 16.5. The molecule has 0 amide bonds. The van der Waals surface area contributed by atoms with Crippen molar-refractivity contribution in [1.82, 2.24) is 19.9 Å². The molecule has 0 aromatic carbocycles. The highest BCUT2D eigenvalue weighted by Crippen LogP contribution is 2.28. The second-order valence-electron chi connectivity index (χ2n) is 7.21. The standard InChI is InChI=1S/C20H29N5O/c1-2-24-12-9-21-20(24)19-17(6-5-13-26-19)22-14-16-7-8-18(23-15-16)25-10-3-4-11-25/h7-9,12,15,17,19,22H,2-6,10-11,13-14H2,1H3/t17-,19-/m0/s1. The number of aromatic nitrogens is 3. The molecule has 6 nitrogen and oxygen atoms in total. The van der Waals surface area contributed by atoms with E-state index in [1.807, 2.05) is 18.6 Å². The number of nitrogens with zero attached hydrogens (tertiary/aromatic N) is 4. The van der Waals surface area contributed by atoms with Crippen molar-refractivity contribution in [3.8, 4) is 0 Å². The summed E-state index contributed by atoms with van der Waals surface area (Å²) >= 11 is 0. The highest BCUT2D eigenvalue weighted by Gasteiger charge is 2.30. The van der Waals surface area contributed by atoms with Gasteiger partial charge in [-0.2, -0.15) is 0 Å². The van der Waals surface area contributed by atoms with Crippen molar-refractivity contribution >= 4 is 5.82 Å². The van der Waals surface area contributed by atoms with E-state index in [2.05, 4.69) is 43.8 Å². The fourth-order valence-corrected chi connectivity index (χ4v) is 3.99. The second-order valence-corrected chi connectivity index (χ2v) is 7.21. The number of imidazole rings is 1. The Morgan fingerprint density at radius 1 is 1.19 bits per heavy atom. The van der Waals surface area contributed by atoms with E-state index < -0.39 is 0 Å². The van der Waals surface area contributed by atoms with Gasteiger partial charge in [0.05, 0.1) is 0 Å². The van der Waals surface area contributed by atoms with Crippen LogP contribution in [0.25, 0.3) is 0 Å². The van der Waals surface area contributed by atoms with Crippen LogP contribution in [-0.4, -0.2) is 40.3 Å². The molecule has 2 aromatic rings. The molecule has 0 aliphatic carbocycles. The van der Waals surface area contributed by atoms with Crippen LogP contribution in [0.2, 0.25) is 0 Å². The van der Waals surface area contributed by atoms with E-state index in [0.717, 1.165) is 57.3 Å². The summed E-state index contributed by atoms with van der Waals surface area (Å²) < 4.78 is 8.26. The maximum Gasteiger partial charge on any atom is 0.139 e. The molecule has 0 radical (unpaired) electrons. The molecule has 26 heavy (non-hydrogen) atoms. The molecule has 2 saturated heterocycles. The Morgan fingerprint density at radius 2 is 2.08 bits per heavy atom. The first-order valence-electron chi connectivity index (χ1n) is 9.91. The Hall–Kier alpha value is -1.92. The van der Waals surface area contributed by atoms with E-state index in [1.54, 1.807) is 0 Å². The first-order chi connectivity index (χ1) is 12.8. The van der Waals surface area contributed by atoms with Crippen LogP contribution in [0.15, 0.2) is 30.7 Å². The monoisotopic (exact) mass is 355 g/mol. The third kappa shape index (κ3) is 3.76. The normalized spacial score (nSPS) is 23.5. The fraction of sp³-hybridized carbons (Fsp3) is 0.600. The van der Waals surface area contributed by atoms with Gasteiger partial charge in [0.2, 0.25) is 0 Å². The number of hydrogen-bond acceptors (Lipinski definition) is 5. The minimum atomic E-state index is 0.0236. The van der Waals surface area contributed by atoms with Crippen LogP contribution in [0.3, 0.4) is 0 Å². The van der Waals surface area contributed by atoms with Crippen LogP contribution >= 0.6 is 0 Å². The lowest BCUT2D eigenvalue weighted by atomic mass is 10.0. The molecule has 2 atom stereocenters. The van der Waals surface area contributed by atoms with Gasteiger partial charge < -0.3 is 19.5 Å². The quantitative estimate of drug-likeness (QED) is 0.863. The number of pyridine rings is 1. The lowest BCUT2D eigenvalue weighted by Crippen LogP contribution is -2.40. The van der Waals surface area contributed by atoms with Crippen LogP contribution < -0.4 is 10.2 Å². The van der Waals surface area contributed by atoms with E-state index >= 15 is 0 Å². The van der Waals surface area contributed by atoms with Crippen molar-refractivity contribution < 1.29 is 4.74 Å². The SMILES string of the molecule is CCn1ccnc1[C@H]1OCCC[C@@H]1NCc1ccc(N2CCCC2)nc1. The van der Waals surface area contributed by atoms with Crippen LogP contribution in [-0.2, 0) is 17.8 Å². The Kier molecular flexibility index (Phi) is 5.51. The van der Waals surface area contributed by atoms with Crippen LogP contribution in [0, 0.1) is 0 Å². The summed E-state index contributed by atoms with van der Waals surface area (Å²) in [5.41, 5.74) is 1.22. The number of nitrogens with one attached hydrogen (secondary N) is 1. The van der Waals surface area contributed by atoms with Gasteiger partial charge in [-0.1, -0.05) is 6.07 Å². The van der Waals surface area contributed by atoms with Crippen molar-refractivity contribution in [2.75, 3.05) is 24.6 Å². The van der Waals surface area contributed by atoms with Crippen molar-refractivity contribution in [2.45, 2.75) is 57.8 Å².